The molecule has 0 bridgehead atoms. The van der Waals surface area contributed by atoms with E-state index in [1.807, 2.05) is 0 Å². The Morgan fingerprint density at radius 2 is 1.65 bits per heavy atom. The largest absolute Gasteiger partial charge is 0.465 e. The molecule has 7 heteroatoms. The maximum atomic E-state index is 12.3. The molecular formula is C16H19NO6. The SMILES string of the molecule is COC(=O)c1ccccc1C(=O)OC(C)C(=O)N1CCOCC1. The van der Waals surface area contributed by atoms with Gasteiger partial charge in [0.1, 0.15) is 0 Å². The van der Waals surface area contributed by atoms with Gasteiger partial charge in [-0.25, -0.2) is 9.59 Å². The first-order valence-electron chi connectivity index (χ1n) is 7.29. The molecule has 0 aliphatic carbocycles. The highest BCUT2D eigenvalue weighted by atomic mass is 16.5. The predicted octanol–water partition coefficient (Wildman–Crippen LogP) is 0.877. The van der Waals surface area contributed by atoms with Crippen LogP contribution in [0.15, 0.2) is 24.3 Å². The second-order valence-corrected chi connectivity index (χ2v) is 5.02. The molecule has 1 atom stereocenters. The summed E-state index contributed by atoms with van der Waals surface area (Å²) in [6.07, 6.45) is -0.939. The van der Waals surface area contributed by atoms with Gasteiger partial charge in [0, 0.05) is 13.1 Å². The first-order valence-corrected chi connectivity index (χ1v) is 7.29. The number of benzene rings is 1. The second kappa shape index (κ2) is 7.73. The Kier molecular flexibility index (Phi) is 5.70. The minimum Gasteiger partial charge on any atom is -0.465 e. The number of hydrogen-bond donors (Lipinski definition) is 0. The fourth-order valence-corrected chi connectivity index (χ4v) is 2.26. The van der Waals surface area contributed by atoms with Gasteiger partial charge in [-0.3, -0.25) is 4.79 Å². The summed E-state index contributed by atoms with van der Waals surface area (Å²) in [5.41, 5.74) is 0.173. The van der Waals surface area contributed by atoms with E-state index in [1.54, 1.807) is 17.0 Å². The third-order valence-corrected chi connectivity index (χ3v) is 3.51. The molecule has 0 saturated carbocycles. The molecule has 23 heavy (non-hydrogen) atoms. The Balaban J connectivity index is 2.06. The van der Waals surface area contributed by atoms with Gasteiger partial charge in [0.25, 0.3) is 5.91 Å². The summed E-state index contributed by atoms with van der Waals surface area (Å²) in [7, 11) is 1.23. The summed E-state index contributed by atoms with van der Waals surface area (Å²) in [5.74, 6) is -1.65. The van der Waals surface area contributed by atoms with E-state index in [4.69, 9.17) is 9.47 Å². The van der Waals surface area contributed by atoms with Gasteiger partial charge in [0.05, 0.1) is 31.5 Å². The molecule has 1 aliphatic rings. The van der Waals surface area contributed by atoms with Crippen molar-refractivity contribution in [3.05, 3.63) is 35.4 Å². The number of hydrogen-bond acceptors (Lipinski definition) is 6. The van der Waals surface area contributed by atoms with Crippen LogP contribution in [-0.2, 0) is 19.0 Å². The lowest BCUT2D eigenvalue weighted by atomic mass is 10.1. The van der Waals surface area contributed by atoms with Crippen LogP contribution in [0.3, 0.4) is 0 Å². The van der Waals surface area contributed by atoms with E-state index in [0.717, 1.165) is 0 Å². The highest BCUT2D eigenvalue weighted by Crippen LogP contribution is 2.13. The summed E-state index contributed by atoms with van der Waals surface area (Å²) in [4.78, 5) is 37.8. The van der Waals surface area contributed by atoms with Crippen LogP contribution in [0, 0.1) is 0 Å². The van der Waals surface area contributed by atoms with Crippen LogP contribution in [0.4, 0.5) is 0 Å². The zero-order valence-electron chi connectivity index (χ0n) is 13.1. The molecule has 1 fully saturated rings. The normalized spacial score (nSPS) is 15.7. The van der Waals surface area contributed by atoms with Gasteiger partial charge in [-0.15, -0.1) is 0 Å². The maximum Gasteiger partial charge on any atom is 0.339 e. The van der Waals surface area contributed by atoms with Crippen molar-refractivity contribution in [1.29, 1.82) is 0 Å². The smallest absolute Gasteiger partial charge is 0.339 e. The van der Waals surface area contributed by atoms with Crippen LogP contribution in [0.2, 0.25) is 0 Å². The van der Waals surface area contributed by atoms with Crippen molar-refractivity contribution in [2.45, 2.75) is 13.0 Å². The van der Waals surface area contributed by atoms with Crippen molar-refractivity contribution in [3.63, 3.8) is 0 Å². The Morgan fingerprint density at radius 3 is 2.22 bits per heavy atom. The summed E-state index contributed by atoms with van der Waals surface area (Å²) >= 11 is 0. The van der Waals surface area contributed by atoms with Crippen molar-refractivity contribution in [2.24, 2.45) is 0 Å². The zero-order valence-corrected chi connectivity index (χ0v) is 13.1. The monoisotopic (exact) mass is 321 g/mol. The number of carbonyl (C=O) groups is 3. The van der Waals surface area contributed by atoms with Crippen LogP contribution < -0.4 is 0 Å². The third kappa shape index (κ3) is 4.07. The van der Waals surface area contributed by atoms with E-state index in [-0.39, 0.29) is 17.0 Å². The van der Waals surface area contributed by atoms with Gasteiger partial charge in [0.2, 0.25) is 0 Å². The van der Waals surface area contributed by atoms with Gasteiger partial charge in [-0.05, 0) is 19.1 Å². The van der Waals surface area contributed by atoms with Gasteiger partial charge in [-0.1, -0.05) is 12.1 Å². The molecule has 0 radical (unpaired) electrons. The lowest BCUT2D eigenvalue weighted by Gasteiger charge is -2.29. The van der Waals surface area contributed by atoms with E-state index in [2.05, 4.69) is 4.74 Å². The molecule has 1 aromatic rings. The standard InChI is InChI=1S/C16H19NO6/c1-11(14(18)17-7-9-22-10-8-17)23-16(20)13-6-4-3-5-12(13)15(19)21-2/h3-6,11H,7-10H2,1-2H3. The maximum absolute atomic E-state index is 12.3. The van der Waals surface area contributed by atoms with E-state index < -0.39 is 18.0 Å². The van der Waals surface area contributed by atoms with Crippen LogP contribution in [0.1, 0.15) is 27.6 Å². The Morgan fingerprint density at radius 1 is 1.09 bits per heavy atom. The van der Waals surface area contributed by atoms with Crippen LogP contribution in [0.5, 0.6) is 0 Å². The minimum absolute atomic E-state index is 0.0703. The van der Waals surface area contributed by atoms with Crippen LogP contribution >= 0.6 is 0 Å². The van der Waals surface area contributed by atoms with Gasteiger partial charge in [-0.2, -0.15) is 0 Å². The molecule has 1 heterocycles. The molecule has 1 unspecified atom stereocenters. The summed E-state index contributed by atoms with van der Waals surface area (Å²) in [5, 5.41) is 0. The second-order valence-electron chi connectivity index (χ2n) is 5.02. The number of carbonyl (C=O) groups excluding carboxylic acids is 3. The molecular weight excluding hydrogens is 302 g/mol. The lowest BCUT2D eigenvalue weighted by Crippen LogP contribution is -2.46. The highest BCUT2D eigenvalue weighted by molar-refractivity contribution is 6.03. The highest BCUT2D eigenvalue weighted by Gasteiger charge is 2.27. The van der Waals surface area contributed by atoms with Gasteiger partial charge < -0.3 is 19.1 Å². The van der Waals surface area contributed by atoms with Crippen molar-refractivity contribution in [3.8, 4) is 0 Å². The zero-order chi connectivity index (χ0) is 16.8. The molecule has 1 aliphatic heterocycles. The number of morpholine rings is 1. The Bertz CT molecular complexity index is 594. The number of rotatable bonds is 4. The lowest BCUT2D eigenvalue weighted by molar-refractivity contribution is -0.143. The third-order valence-electron chi connectivity index (χ3n) is 3.51. The van der Waals surface area contributed by atoms with E-state index in [1.165, 1.54) is 26.2 Å². The average molecular weight is 321 g/mol. The average Bonchev–Trinajstić information content (AvgIpc) is 2.61. The number of ether oxygens (including phenoxy) is 3. The van der Waals surface area contributed by atoms with Gasteiger partial charge >= 0.3 is 11.9 Å². The van der Waals surface area contributed by atoms with Crippen LogP contribution in [-0.4, -0.2) is 62.3 Å². The number of esters is 2. The first-order chi connectivity index (χ1) is 11.0. The first kappa shape index (κ1) is 17.0. The van der Waals surface area contributed by atoms with Crippen molar-refractivity contribution in [1.82, 2.24) is 4.90 Å². The minimum atomic E-state index is -0.939. The molecule has 1 amide bonds. The van der Waals surface area contributed by atoms with Crippen molar-refractivity contribution >= 4 is 17.8 Å². The van der Waals surface area contributed by atoms with Gasteiger partial charge in [0.15, 0.2) is 6.10 Å². The van der Waals surface area contributed by atoms with E-state index in [9.17, 15) is 14.4 Å². The van der Waals surface area contributed by atoms with E-state index >= 15 is 0 Å². The van der Waals surface area contributed by atoms with Crippen LogP contribution in [0.25, 0.3) is 0 Å². The molecule has 1 aromatic carbocycles. The fourth-order valence-electron chi connectivity index (χ4n) is 2.26. The fraction of sp³-hybridized carbons (Fsp3) is 0.438. The molecule has 7 nitrogen and oxygen atoms in total. The summed E-state index contributed by atoms with van der Waals surface area (Å²) < 4.78 is 15.0. The number of methoxy groups -OCH3 is 1. The van der Waals surface area contributed by atoms with Crippen molar-refractivity contribution < 1.29 is 28.6 Å². The molecule has 1 saturated heterocycles. The molecule has 0 spiro atoms. The van der Waals surface area contributed by atoms with Crippen molar-refractivity contribution in [2.75, 3.05) is 33.4 Å². The predicted molar refractivity (Wildman–Crippen MR) is 80.1 cm³/mol. The quantitative estimate of drug-likeness (QED) is 0.766. The topological polar surface area (TPSA) is 82.1 Å². The summed E-state index contributed by atoms with van der Waals surface area (Å²) in [6, 6.07) is 6.15. The molecule has 124 valence electrons. The Hall–Kier alpha value is -2.41. The summed E-state index contributed by atoms with van der Waals surface area (Å²) in [6.45, 7) is 3.39. The number of nitrogens with zero attached hydrogens (tertiary/aromatic N) is 1. The molecule has 0 aromatic heterocycles. The van der Waals surface area contributed by atoms with E-state index in [0.29, 0.717) is 26.3 Å². The molecule has 0 N–H and O–H groups in total. The Labute approximate surface area is 134 Å². The number of amides is 1. The molecule has 2 rings (SSSR count).